The predicted molar refractivity (Wildman–Crippen MR) is 60.7 cm³/mol. The maximum Gasteiger partial charge on any atom is 0.485 e. The Balaban J connectivity index is 0.000000304. The molecule has 0 unspecified atom stereocenters. The Kier molecular flexibility index (Phi) is 6.59. The number of hydrogen-bond acceptors (Lipinski definition) is 5. The van der Waals surface area contributed by atoms with Gasteiger partial charge in [-0.15, -0.1) is 0 Å². The fourth-order valence-corrected chi connectivity index (χ4v) is 3.00. The highest BCUT2D eigenvalue weighted by molar-refractivity contribution is 8.25. The van der Waals surface area contributed by atoms with Crippen LogP contribution < -0.4 is 0 Å². The van der Waals surface area contributed by atoms with Crippen LogP contribution in [0.25, 0.3) is 0 Å². The van der Waals surface area contributed by atoms with Gasteiger partial charge < -0.3 is 4.55 Å². The van der Waals surface area contributed by atoms with Crippen molar-refractivity contribution in [3.63, 3.8) is 0 Å². The van der Waals surface area contributed by atoms with E-state index in [1.54, 1.807) is 30.0 Å². The molecule has 0 spiro atoms. The van der Waals surface area contributed by atoms with Crippen LogP contribution in [0, 0.1) is 0 Å². The Hall–Kier alpha value is -0.190. The standard InChI is InChI=1S/C6H9OS2.CHF3O3S/c1-5(7)6-8-3-2-4-9-6;2-1(3,4)8(5,6)7/h2-4H2,1H3;(H,5,6,7)/q+1;/p-1. The maximum absolute atomic E-state index is 10.7. The van der Waals surface area contributed by atoms with E-state index in [1.807, 2.05) is 0 Å². The highest BCUT2D eigenvalue weighted by atomic mass is 32.2. The normalized spacial score (nSPS) is 16.6. The summed E-state index contributed by atoms with van der Waals surface area (Å²) in [6, 6.07) is 0. The summed E-state index contributed by atoms with van der Waals surface area (Å²) in [5.41, 5.74) is -5.65. The zero-order chi connectivity index (χ0) is 13.7. The molecular weight excluding hydrogens is 301 g/mol. The van der Waals surface area contributed by atoms with E-state index in [0.717, 1.165) is 15.7 Å². The smallest absolute Gasteiger partial charge is 0.485 e. The quantitative estimate of drug-likeness (QED) is 0.312. The third-order valence-corrected chi connectivity index (χ3v) is 4.68. The molecule has 0 aromatic heterocycles. The molecule has 0 aromatic rings. The van der Waals surface area contributed by atoms with Gasteiger partial charge in [0, 0.05) is 19.1 Å². The molecule has 1 heterocycles. The summed E-state index contributed by atoms with van der Waals surface area (Å²) in [6.07, 6.45) is 1.24. The van der Waals surface area contributed by atoms with Gasteiger partial charge in [0.25, 0.3) is 4.20 Å². The number of rotatable bonds is 1. The number of alkyl halides is 3. The molecule has 1 aliphatic heterocycles. The molecule has 0 atom stereocenters. The monoisotopic (exact) mass is 310 g/mol. The minimum absolute atomic E-state index is 0.240. The fourth-order valence-electron chi connectivity index (χ4n) is 0.634. The van der Waals surface area contributed by atoms with Crippen LogP contribution in [0.1, 0.15) is 13.3 Å². The molecule has 0 saturated heterocycles. The van der Waals surface area contributed by atoms with Crippen LogP contribution in [0.15, 0.2) is 0 Å². The van der Waals surface area contributed by atoms with E-state index in [4.69, 9.17) is 13.0 Å². The maximum atomic E-state index is 10.7. The van der Waals surface area contributed by atoms with E-state index in [9.17, 15) is 18.0 Å². The van der Waals surface area contributed by atoms with Crippen LogP contribution in [0.3, 0.4) is 0 Å². The molecule has 1 aliphatic rings. The lowest BCUT2D eigenvalue weighted by Crippen LogP contribution is -2.21. The minimum Gasteiger partial charge on any atom is -0.741 e. The van der Waals surface area contributed by atoms with E-state index >= 15 is 0 Å². The molecule has 1 rings (SSSR count). The van der Waals surface area contributed by atoms with E-state index < -0.39 is 15.6 Å². The second kappa shape index (κ2) is 6.66. The van der Waals surface area contributed by atoms with Gasteiger partial charge in [0.2, 0.25) is 5.78 Å². The lowest BCUT2D eigenvalue weighted by atomic mass is 10.5. The first-order valence-electron chi connectivity index (χ1n) is 4.21. The van der Waals surface area contributed by atoms with Crippen LogP contribution in [0.5, 0.6) is 0 Å². The van der Waals surface area contributed by atoms with Crippen molar-refractivity contribution in [2.45, 2.75) is 18.9 Å². The van der Waals surface area contributed by atoms with Gasteiger partial charge in [0.1, 0.15) is 0 Å². The van der Waals surface area contributed by atoms with Gasteiger partial charge in [0.15, 0.2) is 27.2 Å². The number of Topliss-reactive ketones (excluding diaryl/α,β-unsaturated/α-hetero) is 1. The molecule has 0 fully saturated rings. The number of halogens is 3. The van der Waals surface area contributed by atoms with E-state index in [-0.39, 0.29) is 5.78 Å². The molecular formula is C7H9F3O4S3. The van der Waals surface area contributed by atoms with Crippen molar-refractivity contribution in [1.82, 2.24) is 0 Å². The first-order chi connectivity index (χ1) is 7.55. The largest absolute Gasteiger partial charge is 0.741 e. The van der Waals surface area contributed by atoms with Crippen molar-refractivity contribution in [1.29, 1.82) is 0 Å². The third kappa shape index (κ3) is 6.96. The van der Waals surface area contributed by atoms with Gasteiger partial charge in [-0.2, -0.15) is 13.2 Å². The molecule has 0 radical (unpaired) electrons. The second-order valence-electron chi connectivity index (χ2n) is 2.79. The van der Waals surface area contributed by atoms with Crippen molar-refractivity contribution in [3.8, 4) is 0 Å². The Morgan fingerprint density at radius 2 is 1.94 bits per heavy atom. The van der Waals surface area contributed by atoms with Gasteiger partial charge in [-0.05, 0) is 0 Å². The Labute approximate surface area is 105 Å². The number of carbonyl (C=O) groups excluding carboxylic acids is 1. The van der Waals surface area contributed by atoms with Crippen molar-refractivity contribution in [2.75, 3.05) is 11.5 Å². The zero-order valence-corrected chi connectivity index (χ0v) is 11.1. The minimum atomic E-state index is -6.09. The number of ketones is 1. The van der Waals surface area contributed by atoms with E-state index in [0.29, 0.717) is 0 Å². The van der Waals surface area contributed by atoms with Crippen molar-refractivity contribution < 1.29 is 30.9 Å². The summed E-state index contributed by atoms with van der Waals surface area (Å²) in [7, 11) is -6.09. The molecule has 0 N–H and O–H groups in total. The van der Waals surface area contributed by atoms with Gasteiger partial charge in [0.05, 0.1) is 0 Å². The number of carbonyl (C=O) groups is 1. The Bertz CT molecular complexity index is 399. The summed E-state index contributed by atoms with van der Waals surface area (Å²) in [5.74, 6) is 2.49. The average Bonchev–Trinajstić information content (AvgIpc) is 2.17. The van der Waals surface area contributed by atoms with Crippen molar-refractivity contribution in [2.24, 2.45) is 0 Å². The zero-order valence-electron chi connectivity index (χ0n) is 8.61. The second-order valence-corrected chi connectivity index (χ2v) is 6.63. The molecule has 4 nitrogen and oxygen atoms in total. The summed E-state index contributed by atoms with van der Waals surface area (Å²) in [6.45, 7) is 1.64. The lowest BCUT2D eigenvalue weighted by Gasteiger charge is -2.08. The molecule has 10 heteroatoms. The van der Waals surface area contributed by atoms with Gasteiger partial charge in [-0.1, -0.05) is 11.8 Å². The molecule has 100 valence electrons. The first-order valence-corrected chi connectivity index (χ1v) is 7.59. The van der Waals surface area contributed by atoms with Gasteiger partial charge >= 0.3 is 5.51 Å². The fraction of sp³-hybridized carbons (Fsp3) is 0.714. The van der Waals surface area contributed by atoms with Crippen LogP contribution in [0.2, 0.25) is 0 Å². The van der Waals surface area contributed by atoms with Crippen LogP contribution >= 0.6 is 11.8 Å². The van der Waals surface area contributed by atoms with Gasteiger partial charge in [-0.25, -0.2) is 8.42 Å². The van der Waals surface area contributed by atoms with Crippen LogP contribution in [-0.2, 0) is 26.3 Å². The number of thioether (sulfide) groups is 1. The van der Waals surface area contributed by atoms with Crippen LogP contribution in [-0.4, -0.2) is 40.0 Å². The number of hydrogen-bond donors (Lipinski definition) is 0. The van der Waals surface area contributed by atoms with Crippen molar-refractivity contribution in [3.05, 3.63) is 0 Å². The molecule has 0 saturated carbocycles. The first kappa shape index (κ1) is 16.8. The summed E-state index contributed by atoms with van der Waals surface area (Å²) >= 11 is 3.40. The summed E-state index contributed by atoms with van der Waals surface area (Å²) in [4.78, 5) is 10.7. The van der Waals surface area contributed by atoms with E-state index in [1.165, 1.54) is 6.42 Å². The Morgan fingerprint density at radius 1 is 1.47 bits per heavy atom. The SMILES string of the molecule is CC(=O)C1=[S+]CCCS1.O=S(=O)([O-])C(F)(F)F. The molecule has 17 heavy (non-hydrogen) atoms. The Morgan fingerprint density at radius 3 is 2.12 bits per heavy atom. The third-order valence-electron chi connectivity index (χ3n) is 1.33. The van der Waals surface area contributed by atoms with Gasteiger partial charge in [-0.3, -0.25) is 4.79 Å². The molecule has 0 amide bonds. The van der Waals surface area contributed by atoms with Crippen molar-refractivity contribution >= 4 is 43.2 Å². The average molecular weight is 310 g/mol. The molecule has 0 aliphatic carbocycles. The summed E-state index contributed by atoms with van der Waals surface area (Å²) < 4.78 is 59.9. The molecule has 0 bridgehead atoms. The highest BCUT2D eigenvalue weighted by Crippen LogP contribution is 2.20. The van der Waals surface area contributed by atoms with E-state index in [2.05, 4.69) is 0 Å². The highest BCUT2D eigenvalue weighted by Gasteiger charge is 2.36. The molecule has 0 aromatic carbocycles. The lowest BCUT2D eigenvalue weighted by molar-refractivity contribution is -0.110. The summed E-state index contributed by atoms with van der Waals surface area (Å²) in [5, 5.41) is 0. The van der Waals surface area contributed by atoms with Crippen LogP contribution in [0.4, 0.5) is 13.2 Å². The predicted octanol–water partition coefficient (Wildman–Crippen LogP) is 0.976. The topological polar surface area (TPSA) is 74.3 Å².